The molecule has 0 saturated carbocycles. The molecular weight excluding hydrogens is 1060 g/mol. The summed E-state index contributed by atoms with van der Waals surface area (Å²) in [5.74, 6) is 1.80. The molecule has 0 N–H and O–H groups in total. The van der Waals surface area contributed by atoms with Crippen LogP contribution in [0.5, 0.6) is 0 Å². The Bertz CT molecular complexity index is 1230. The van der Waals surface area contributed by atoms with Crippen LogP contribution in [0.3, 0.4) is 0 Å². The molecule has 0 bridgehead atoms. The van der Waals surface area contributed by atoms with Crippen LogP contribution in [0, 0.1) is 22.7 Å². The molecule has 0 heterocycles. The number of unbranched alkanes of at least 4 members (excludes halogenated alkanes) is 61. The van der Waals surface area contributed by atoms with Gasteiger partial charge in [-0.25, -0.2) is 0 Å². The van der Waals surface area contributed by atoms with Gasteiger partial charge in [0.25, 0.3) is 0 Å². The van der Waals surface area contributed by atoms with Gasteiger partial charge in [0.1, 0.15) is 0 Å². The van der Waals surface area contributed by atoms with Crippen LogP contribution in [0.15, 0.2) is 0 Å². The second-order valence-electron chi connectivity index (χ2n) is 31.6. The zero-order valence-corrected chi connectivity index (χ0v) is 63.9. The highest BCUT2D eigenvalue weighted by Gasteiger charge is 2.52. The predicted octanol–water partition coefficient (Wildman–Crippen LogP) is 34.0. The minimum atomic E-state index is 0.515. The summed E-state index contributed by atoms with van der Waals surface area (Å²) in [7, 11) is 0. The maximum absolute atomic E-state index is 2.43. The first-order valence-corrected chi connectivity index (χ1v) is 43.4. The van der Waals surface area contributed by atoms with Crippen molar-refractivity contribution in [3.63, 3.8) is 0 Å². The standard InChI is InChI=1S/C88H178/c1-9-15-21-27-33-39-43-45-50-57-65-73-81-87(80-72-64-56-49-44-40-34-28-22-16-10-2,82-74-66-58-52-47-53-61-69-77-85(7)8)88(83-75-67-59-48-37-31-25-19-13-5,84-76-68-60-51-42-36-30-24-18-12-4)86(78-70-62-54-38-32-26-20-14-6)79-71-63-55-46-41-35-29-23-17-11-3/h85-86H,9-84H2,1-8H3. The molecule has 0 amide bonds. The summed E-state index contributed by atoms with van der Waals surface area (Å²) in [5, 5.41) is 0. The number of hydrogen-bond donors (Lipinski definition) is 0. The lowest BCUT2D eigenvalue weighted by atomic mass is 9.47. The Hall–Kier alpha value is 0. The monoisotopic (exact) mass is 1240 g/mol. The summed E-state index contributed by atoms with van der Waals surface area (Å²) in [6, 6.07) is 0. The topological polar surface area (TPSA) is 0 Å². The molecule has 88 heavy (non-hydrogen) atoms. The average molecular weight is 1240 g/mol. The summed E-state index contributed by atoms with van der Waals surface area (Å²) in [4.78, 5) is 0. The zero-order valence-electron chi connectivity index (χ0n) is 63.9. The van der Waals surface area contributed by atoms with Crippen molar-refractivity contribution in [1.82, 2.24) is 0 Å². The molecule has 3 atom stereocenters. The fourth-order valence-electron chi connectivity index (χ4n) is 16.9. The minimum Gasteiger partial charge on any atom is -0.0654 e. The van der Waals surface area contributed by atoms with Gasteiger partial charge in [-0.3, -0.25) is 0 Å². The van der Waals surface area contributed by atoms with Crippen molar-refractivity contribution in [2.24, 2.45) is 22.7 Å². The summed E-state index contributed by atoms with van der Waals surface area (Å²) >= 11 is 0. The van der Waals surface area contributed by atoms with Gasteiger partial charge in [-0.2, -0.15) is 0 Å². The molecule has 0 aliphatic heterocycles. The van der Waals surface area contributed by atoms with Crippen LogP contribution in [-0.2, 0) is 0 Å². The van der Waals surface area contributed by atoms with E-state index in [0.717, 1.165) is 11.8 Å². The third-order valence-electron chi connectivity index (χ3n) is 22.8. The summed E-state index contributed by atoms with van der Waals surface area (Å²) in [6.07, 6.45) is 113. The van der Waals surface area contributed by atoms with Gasteiger partial charge >= 0.3 is 0 Å². The lowest BCUT2D eigenvalue weighted by Crippen LogP contribution is -2.48. The van der Waals surface area contributed by atoms with E-state index < -0.39 is 0 Å². The molecule has 530 valence electrons. The van der Waals surface area contributed by atoms with Crippen LogP contribution in [-0.4, -0.2) is 0 Å². The van der Waals surface area contributed by atoms with E-state index in [1.54, 1.807) is 44.9 Å². The van der Waals surface area contributed by atoms with Crippen molar-refractivity contribution in [2.45, 2.75) is 543 Å². The fraction of sp³-hybridized carbons (Fsp3) is 1.00. The molecule has 0 heteroatoms. The smallest absolute Gasteiger partial charge is 0.0213 e. The maximum Gasteiger partial charge on any atom is -0.0213 e. The van der Waals surface area contributed by atoms with Crippen molar-refractivity contribution in [1.29, 1.82) is 0 Å². The molecule has 0 aromatic carbocycles. The van der Waals surface area contributed by atoms with E-state index in [1.807, 2.05) is 0 Å². The Morgan fingerprint density at radius 2 is 0.307 bits per heavy atom. The molecule has 0 rings (SSSR count). The highest BCUT2D eigenvalue weighted by Crippen LogP contribution is 2.62. The van der Waals surface area contributed by atoms with Crippen molar-refractivity contribution in [3.8, 4) is 0 Å². The third kappa shape index (κ3) is 56.4. The molecule has 0 aromatic heterocycles. The van der Waals surface area contributed by atoms with Gasteiger partial charge in [0.15, 0.2) is 0 Å². The molecule has 0 spiro atoms. The Labute approximate surface area is 562 Å². The fourth-order valence-corrected chi connectivity index (χ4v) is 16.9. The van der Waals surface area contributed by atoms with Crippen LogP contribution in [0.25, 0.3) is 0 Å². The molecule has 0 aromatic rings. The summed E-state index contributed by atoms with van der Waals surface area (Å²) in [6.45, 7) is 19.2. The largest absolute Gasteiger partial charge is 0.0654 e. The van der Waals surface area contributed by atoms with Crippen LogP contribution in [0.1, 0.15) is 543 Å². The van der Waals surface area contributed by atoms with E-state index in [0.29, 0.717) is 10.8 Å². The number of rotatable bonds is 79. The zero-order chi connectivity index (χ0) is 63.9. The molecule has 3 unspecified atom stereocenters. The highest BCUT2D eigenvalue weighted by atomic mass is 14.6. The van der Waals surface area contributed by atoms with Gasteiger partial charge in [-0.15, -0.1) is 0 Å². The first-order chi connectivity index (χ1) is 43.4. The minimum absolute atomic E-state index is 0.515. The number of hydrogen-bond acceptors (Lipinski definition) is 0. The summed E-state index contributed by atoms with van der Waals surface area (Å²) in [5.41, 5.74) is 1.03. The van der Waals surface area contributed by atoms with Gasteiger partial charge in [-0.05, 0) is 67.6 Å². The molecule has 0 fully saturated rings. The van der Waals surface area contributed by atoms with Crippen LogP contribution in [0.2, 0.25) is 0 Å². The first kappa shape index (κ1) is 88.0. The normalized spacial score (nSPS) is 13.7. The van der Waals surface area contributed by atoms with E-state index in [1.165, 1.54) is 443 Å². The van der Waals surface area contributed by atoms with Crippen LogP contribution in [0.4, 0.5) is 0 Å². The Morgan fingerprint density at radius 1 is 0.159 bits per heavy atom. The Morgan fingerprint density at radius 3 is 0.489 bits per heavy atom. The molecule has 0 radical (unpaired) electrons. The van der Waals surface area contributed by atoms with Crippen molar-refractivity contribution in [3.05, 3.63) is 0 Å². The third-order valence-corrected chi connectivity index (χ3v) is 22.8. The van der Waals surface area contributed by atoms with Gasteiger partial charge in [0, 0.05) is 0 Å². The van der Waals surface area contributed by atoms with Crippen molar-refractivity contribution >= 4 is 0 Å². The predicted molar refractivity (Wildman–Crippen MR) is 408 cm³/mol. The Kier molecular flexibility index (Phi) is 72.8. The van der Waals surface area contributed by atoms with E-state index in [9.17, 15) is 0 Å². The second kappa shape index (κ2) is 72.8. The summed E-state index contributed by atoms with van der Waals surface area (Å²) < 4.78 is 0. The average Bonchev–Trinajstić information content (AvgIpc) is 2.02. The SMILES string of the molecule is CCCCCCCCCCCCCCC(CCCCCCCCCCCCC)(CCCCCCCCCCC(C)C)C(CCCCCCCCCCC)(CCCCCCCCCCCC)C(CCCCCCCCCC)CCCCCCCCCCCC. The van der Waals surface area contributed by atoms with E-state index in [-0.39, 0.29) is 0 Å². The Balaban J connectivity index is 7.63. The van der Waals surface area contributed by atoms with E-state index in [2.05, 4.69) is 55.4 Å². The van der Waals surface area contributed by atoms with Gasteiger partial charge < -0.3 is 0 Å². The quantitative estimate of drug-likeness (QED) is 0.0533. The van der Waals surface area contributed by atoms with Crippen LogP contribution >= 0.6 is 0 Å². The maximum atomic E-state index is 2.43. The van der Waals surface area contributed by atoms with Gasteiger partial charge in [0.2, 0.25) is 0 Å². The molecular formula is C88H178. The van der Waals surface area contributed by atoms with Gasteiger partial charge in [-0.1, -0.05) is 498 Å². The molecule has 0 aliphatic carbocycles. The lowest BCUT2D eigenvalue weighted by molar-refractivity contribution is -0.0763. The van der Waals surface area contributed by atoms with E-state index in [4.69, 9.17) is 0 Å². The molecule has 0 saturated heterocycles. The van der Waals surface area contributed by atoms with E-state index >= 15 is 0 Å². The second-order valence-corrected chi connectivity index (χ2v) is 31.6. The lowest BCUT2D eigenvalue weighted by Gasteiger charge is -2.57. The first-order valence-electron chi connectivity index (χ1n) is 43.4. The molecule has 0 nitrogen and oxygen atoms in total. The van der Waals surface area contributed by atoms with Gasteiger partial charge in [0.05, 0.1) is 0 Å². The van der Waals surface area contributed by atoms with Crippen molar-refractivity contribution in [2.75, 3.05) is 0 Å². The molecule has 0 aliphatic rings. The van der Waals surface area contributed by atoms with Crippen molar-refractivity contribution < 1.29 is 0 Å². The highest BCUT2D eigenvalue weighted by molar-refractivity contribution is 5.02. The van der Waals surface area contributed by atoms with Crippen LogP contribution < -0.4 is 0 Å².